The minimum absolute atomic E-state index is 0.0304. The van der Waals surface area contributed by atoms with Crippen LogP contribution >= 0.6 is 0 Å². The molecule has 0 bridgehead atoms. The first kappa shape index (κ1) is 48.5. The summed E-state index contributed by atoms with van der Waals surface area (Å²) < 4.78 is 11.6. The van der Waals surface area contributed by atoms with Gasteiger partial charge < -0.3 is 40.3 Å². The van der Waals surface area contributed by atoms with Crippen molar-refractivity contribution in [3.05, 3.63) is 35.9 Å². The van der Waals surface area contributed by atoms with E-state index >= 15 is 0 Å². The van der Waals surface area contributed by atoms with Crippen LogP contribution in [0.25, 0.3) is 0 Å². The number of carbonyl (C=O) groups is 5. The summed E-state index contributed by atoms with van der Waals surface area (Å²) in [6.45, 7) is 15.7. The van der Waals surface area contributed by atoms with Crippen LogP contribution in [0.4, 0.5) is 0 Å². The third kappa shape index (κ3) is 16.0. The van der Waals surface area contributed by atoms with Gasteiger partial charge in [-0.3, -0.25) is 19.2 Å². The highest BCUT2D eigenvalue weighted by molar-refractivity contribution is 5.88. The number of nitrogens with one attached hydrogen (secondary N) is 3. The fraction of sp³-hybridized carbons (Fsp3) is 0.718. The number of unbranched alkanes of at least 4 members (excludes halogenated alkanes) is 1. The molecule has 0 spiro atoms. The zero-order chi connectivity index (χ0) is 40.0. The number of rotatable bonds is 23. The monoisotopic (exact) mass is 736 g/mol. The number of ether oxygens (including phenoxy) is 2. The zero-order valence-corrected chi connectivity index (χ0v) is 33.9. The SMILES string of the molecule is CCC.CCCCN(C(=O)CC(OC)C(C(C)CC)N(C)C(=O)CNC(=O)C(NC)C(C)C)C(OC)C(C)C(=O)NC(Cc1ccccc1)C(=O)O. The molecule has 1 aromatic carbocycles. The highest BCUT2D eigenvalue weighted by atomic mass is 16.5. The van der Waals surface area contributed by atoms with Gasteiger partial charge in [-0.15, -0.1) is 0 Å². The number of carboxylic acid groups (broad SMARTS) is 1. The van der Waals surface area contributed by atoms with Crippen molar-refractivity contribution in [3.8, 4) is 0 Å². The maximum absolute atomic E-state index is 14.1. The predicted molar refractivity (Wildman–Crippen MR) is 204 cm³/mol. The van der Waals surface area contributed by atoms with Gasteiger partial charge in [0.25, 0.3) is 0 Å². The fourth-order valence-corrected chi connectivity index (χ4v) is 6.01. The smallest absolute Gasteiger partial charge is 0.326 e. The van der Waals surface area contributed by atoms with E-state index in [0.29, 0.717) is 19.4 Å². The number of carbonyl (C=O) groups excluding carboxylic acids is 4. The molecule has 0 aliphatic carbocycles. The van der Waals surface area contributed by atoms with Gasteiger partial charge in [0.1, 0.15) is 12.3 Å². The summed E-state index contributed by atoms with van der Waals surface area (Å²) in [6.07, 6.45) is 1.66. The van der Waals surface area contributed by atoms with E-state index in [-0.39, 0.29) is 48.9 Å². The van der Waals surface area contributed by atoms with Crippen molar-refractivity contribution in [1.82, 2.24) is 25.8 Å². The Morgan fingerprint density at radius 2 is 1.48 bits per heavy atom. The molecule has 52 heavy (non-hydrogen) atoms. The van der Waals surface area contributed by atoms with Crippen LogP contribution in [-0.2, 0) is 39.9 Å². The molecular formula is C39H69N5O8. The number of amides is 4. The normalized spacial score (nSPS) is 15.1. The Morgan fingerprint density at radius 1 is 0.885 bits per heavy atom. The summed E-state index contributed by atoms with van der Waals surface area (Å²) in [5, 5.41) is 18.2. The van der Waals surface area contributed by atoms with Gasteiger partial charge in [-0.25, -0.2) is 4.79 Å². The van der Waals surface area contributed by atoms with Crippen LogP contribution in [0.1, 0.15) is 93.1 Å². The van der Waals surface area contributed by atoms with Gasteiger partial charge in [-0.1, -0.05) is 98.1 Å². The van der Waals surface area contributed by atoms with E-state index in [0.717, 1.165) is 12.0 Å². The minimum atomic E-state index is -1.17. The first-order chi connectivity index (χ1) is 24.6. The quantitative estimate of drug-likeness (QED) is 0.121. The summed E-state index contributed by atoms with van der Waals surface area (Å²) >= 11 is 0. The predicted octanol–water partition coefficient (Wildman–Crippen LogP) is 4.09. The first-order valence-electron chi connectivity index (χ1n) is 18.7. The van der Waals surface area contributed by atoms with Crippen molar-refractivity contribution >= 4 is 29.6 Å². The van der Waals surface area contributed by atoms with Gasteiger partial charge in [-0.05, 0) is 37.8 Å². The van der Waals surface area contributed by atoms with Crippen molar-refractivity contribution in [3.63, 3.8) is 0 Å². The van der Waals surface area contributed by atoms with Crippen LogP contribution in [0.3, 0.4) is 0 Å². The fourth-order valence-electron chi connectivity index (χ4n) is 6.01. The number of hydrogen-bond donors (Lipinski definition) is 4. The van der Waals surface area contributed by atoms with Gasteiger partial charge >= 0.3 is 5.97 Å². The van der Waals surface area contributed by atoms with Crippen molar-refractivity contribution in [2.24, 2.45) is 17.8 Å². The second-order valence-electron chi connectivity index (χ2n) is 13.7. The van der Waals surface area contributed by atoms with E-state index in [2.05, 4.69) is 29.8 Å². The average molecular weight is 736 g/mol. The molecule has 0 saturated heterocycles. The minimum Gasteiger partial charge on any atom is -0.480 e. The lowest BCUT2D eigenvalue weighted by atomic mass is 9.90. The number of benzene rings is 1. The van der Waals surface area contributed by atoms with E-state index in [1.54, 1.807) is 50.2 Å². The number of hydrogen-bond acceptors (Lipinski definition) is 8. The van der Waals surface area contributed by atoms with Crippen LogP contribution in [0.5, 0.6) is 0 Å². The molecule has 4 amide bonds. The van der Waals surface area contributed by atoms with Crippen LogP contribution < -0.4 is 16.0 Å². The Hall–Kier alpha value is -3.55. The van der Waals surface area contributed by atoms with Crippen LogP contribution in [0.15, 0.2) is 30.3 Å². The molecule has 0 heterocycles. The topological polar surface area (TPSA) is 167 Å². The Balaban J connectivity index is 0.00000835. The van der Waals surface area contributed by atoms with Crippen molar-refractivity contribution in [2.45, 2.75) is 124 Å². The summed E-state index contributed by atoms with van der Waals surface area (Å²) in [4.78, 5) is 68.7. The maximum atomic E-state index is 14.1. The molecule has 298 valence electrons. The van der Waals surface area contributed by atoms with Crippen molar-refractivity contribution in [2.75, 3.05) is 41.4 Å². The molecular weight excluding hydrogens is 666 g/mol. The van der Waals surface area contributed by atoms with Crippen LogP contribution in [-0.4, -0.2) is 116 Å². The van der Waals surface area contributed by atoms with Crippen LogP contribution in [0.2, 0.25) is 0 Å². The van der Waals surface area contributed by atoms with E-state index < -0.39 is 48.3 Å². The van der Waals surface area contributed by atoms with E-state index in [1.807, 2.05) is 40.7 Å². The first-order valence-corrected chi connectivity index (χ1v) is 18.7. The lowest BCUT2D eigenvalue weighted by Gasteiger charge is -2.39. The lowest BCUT2D eigenvalue weighted by Crippen LogP contribution is -2.56. The molecule has 1 rings (SSSR count). The summed E-state index contributed by atoms with van der Waals surface area (Å²) in [6, 6.07) is 6.89. The zero-order valence-electron chi connectivity index (χ0n) is 33.9. The van der Waals surface area contributed by atoms with E-state index in [1.165, 1.54) is 25.5 Å². The molecule has 1 aromatic rings. The largest absolute Gasteiger partial charge is 0.480 e. The molecule has 0 fully saturated rings. The van der Waals surface area contributed by atoms with Gasteiger partial charge in [0.15, 0.2) is 0 Å². The average Bonchev–Trinajstić information content (AvgIpc) is 3.11. The van der Waals surface area contributed by atoms with Crippen LogP contribution in [0, 0.1) is 17.8 Å². The van der Waals surface area contributed by atoms with Gasteiger partial charge in [0, 0.05) is 34.2 Å². The van der Waals surface area contributed by atoms with Crippen molar-refractivity contribution in [1.29, 1.82) is 0 Å². The molecule has 13 nitrogen and oxygen atoms in total. The standard InChI is InChI=1S/C36H61N5O8.C3H8/c1-11-13-19-41(35(49-10)25(6)33(44)39-27(36(46)47)20-26-17-15-14-16-18-26)29(42)21-28(48-9)32(24(5)12-2)40(8)30(43)22-38-34(45)31(37-7)23(3)4;1-3-2/h14-18,23-25,27-28,31-32,35,37H,11-13,19-22H2,1-10H3,(H,38,45)(H,39,44)(H,46,47);3H2,1-2H3. The second-order valence-corrected chi connectivity index (χ2v) is 13.7. The molecule has 4 N–H and O–H groups in total. The van der Waals surface area contributed by atoms with E-state index in [4.69, 9.17) is 9.47 Å². The Bertz CT molecular complexity index is 1200. The number of likely N-dealkylation sites (N-methyl/N-ethyl adjacent to an activating group) is 2. The maximum Gasteiger partial charge on any atom is 0.326 e. The Labute approximate surface area is 312 Å². The number of nitrogens with zero attached hydrogens (tertiary/aromatic N) is 2. The highest BCUT2D eigenvalue weighted by Gasteiger charge is 2.38. The Kier molecular flexibility index (Phi) is 24.5. The summed E-state index contributed by atoms with van der Waals surface area (Å²) in [7, 11) is 6.24. The van der Waals surface area contributed by atoms with Gasteiger partial charge in [0.2, 0.25) is 23.6 Å². The molecule has 0 radical (unpaired) electrons. The molecule has 0 aliphatic heterocycles. The lowest BCUT2D eigenvalue weighted by molar-refractivity contribution is -0.158. The molecule has 0 aliphatic rings. The third-order valence-electron chi connectivity index (χ3n) is 9.16. The molecule has 7 unspecified atom stereocenters. The molecule has 13 heteroatoms. The Morgan fingerprint density at radius 3 is 1.94 bits per heavy atom. The molecule has 0 aromatic heterocycles. The van der Waals surface area contributed by atoms with Gasteiger partial charge in [0.05, 0.1) is 37.1 Å². The van der Waals surface area contributed by atoms with Gasteiger partial charge in [-0.2, -0.15) is 0 Å². The molecule has 0 saturated carbocycles. The number of carboxylic acids is 1. The third-order valence-corrected chi connectivity index (χ3v) is 9.16. The summed E-state index contributed by atoms with van der Waals surface area (Å²) in [5.74, 6) is -3.60. The highest BCUT2D eigenvalue weighted by Crippen LogP contribution is 2.24. The second kappa shape index (κ2) is 26.3. The molecule has 7 atom stereocenters. The number of methoxy groups -OCH3 is 2. The number of aliphatic carboxylic acids is 1. The summed E-state index contributed by atoms with van der Waals surface area (Å²) in [5.41, 5.74) is 0.760. The van der Waals surface area contributed by atoms with Crippen molar-refractivity contribution < 1.29 is 38.6 Å². The van der Waals surface area contributed by atoms with E-state index in [9.17, 15) is 29.1 Å².